The summed E-state index contributed by atoms with van der Waals surface area (Å²) in [4.78, 5) is 13.0. The van der Waals surface area contributed by atoms with E-state index in [0.29, 0.717) is 16.6 Å². The van der Waals surface area contributed by atoms with Gasteiger partial charge >= 0.3 is 0 Å². The molecular formula is C12H16ClNOS. The first-order chi connectivity index (χ1) is 7.61. The molecule has 16 heavy (non-hydrogen) atoms. The van der Waals surface area contributed by atoms with Crippen LogP contribution in [0.25, 0.3) is 0 Å². The SMILES string of the molecule is CSCC(C)N(C)c1c(Cl)cccc1C=O. The van der Waals surface area contributed by atoms with E-state index in [0.717, 1.165) is 17.7 Å². The number of hydrogen-bond acceptors (Lipinski definition) is 3. The number of carbonyl (C=O) groups excluding carboxylic acids is 1. The van der Waals surface area contributed by atoms with Crippen LogP contribution in [-0.2, 0) is 0 Å². The lowest BCUT2D eigenvalue weighted by Crippen LogP contribution is -2.31. The zero-order valence-corrected chi connectivity index (χ0v) is 11.3. The Balaban J connectivity index is 3.06. The van der Waals surface area contributed by atoms with Gasteiger partial charge in [0.25, 0.3) is 0 Å². The van der Waals surface area contributed by atoms with Gasteiger partial charge in [0.1, 0.15) is 0 Å². The summed E-state index contributed by atoms with van der Waals surface area (Å²) in [5, 5.41) is 0.625. The van der Waals surface area contributed by atoms with Crippen LogP contribution in [0.1, 0.15) is 17.3 Å². The second kappa shape index (κ2) is 6.16. The van der Waals surface area contributed by atoms with Crippen molar-refractivity contribution in [3.05, 3.63) is 28.8 Å². The summed E-state index contributed by atoms with van der Waals surface area (Å²) in [6.45, 7) is 2.12. The maximum atomic E-state index is 11.0. The average molecular weight is 258 g/mol. The maximum Gasteiger partial charge on any atom is 0.152 e. The van der Waals surface area contributed by atoms with Crippen LogP contribution >= 0.6 is 23.4 Å². The summed E-state index contributed by atoms with van der Waals surface area (Å²) in [5.41, 5.74) is 1.46. The van der Waals surface area contributed by atoms with Crippen molar-refractivity contribution in [2.45, 2.75) is 13.0 Å². The lowest BCUT2D eigenvalue weighted by atomic mass is 10.1. The second-order valence-corrected chi connectivity index (χ2v) is 5.03. The maximum absolute atomic E-state index is 11.0. The highest BCUT2D eigenvalue weighted by Crippen LogP contribution is 2.29. The predicted octanol–water partition coefficient (Wildman–Crippen LogP) is 3.34. The van der Waals surface area contributed by atoms with Gasteiger partial charge in [0.05, 0.1) is 10.7 Å². The van der Waals surface area contributed by atoms with Crippen LogP contribution in [0, 0.1) is 0 Å². The van der Waals surface area contributed by atoms with Gasteiger partial charge < -0.3 is 4.90 Å². The minimum absolute atomic E-state index is 0.341. The Hall–Kier alpha value is -0.670. The van der Waals surface area contributed by atoms with Crippen molar-refractivity contribution in [3.63, 3.8) is 0 Å². The van der Waals surface area contributed by atoms with Crippen molar-refractivity contribution in [2.24, 2.45) is 0 Å². The van der Waals surface area contributed by atoms with Gasteiger partial charge in [0.15, 0.2) is 6.29 Å². The highest BCUT2D eigenvalue weighted by Gasteiger charge is 2.15. The molecule has 0 bridgehead atoms. The first-order valence-corrected chi connectivity index (χ1v) is 6.84. The molecule has 1 aromatic carbocycles. The Morgan fingerprint density at radius 1 is 1.56 bits per heavy atom. The standard InChI is InChI=1S/C12H16ClNOS/c1-9(8-16-3)14(2)12-10(7-15)5-4-6-11(12)13/h4-7,9H,8H2,1-3H3. The predicted molar refractivity (Wildman–Crippen MR) is 73.1 cm³/mol. The Morgan fingerprint density at radius 2 is 2.25 bits per heavy atom. The first-order valence-electron chi connectivity index (χ1n) is 5.07. The van der Waals surface area contributed by atoms with Gasteiger partial charge in [0, 0.05) is 24.4 Å². The quantitative estimate of drug-likeness (QED) is 0.755. The van der Waals surface area contributed by atoms with Crippen molar-refractivity contribution in [2.75, 3.05) is 24.0 Å². The van der Waals surface area contributed by atoms with E-state index in [-0.39, 0.29) is 0 Å². The van der Waals surface area contributed by atoms with Crippen LogP contribution in [0.15, 0.2) is 18.2 Å². The van der Waals surface area contributed by atoms with E-state index in [1.54, 1.807) is 23.9 Å². The van der Waals surface area contributed by atoms with Crippen LogP contribution in [-0.4, -0.2) is 31.4 Å². The Bertz CT molecular complexity index is 370. The van der Waals surface area contributed by atoms with Crippen molar-refractivity contribution < 1.29 is 4.79 Å². The van der Waals surface area contributed by atoms with E-state index in [9.17, 15) is 4.79 Å². The van der Waals surface area contributed by atoms with Crippen molar-refractivity contribution in [1.29, 1.82) is 0 Å². The van der Waals surface area contributed by atoms with Crippen molar-refractivity contribution >= 4 is 35.3 Å². The number of aldehydes is 1. The van der Waals surface area contributed by atoms with Crippen LogP contribution in [0.2, 0.25) is 5.02 Å². The van der Waals surface area contributed by atoms with Gasteiger partial charge in [-0.2, -0.15) is 11.8 Å². The smallest absolute Gasteiger partial charge is 0.152 e. The average Bonchev–Trinajstić information content (AvgIpc) is 2.28. The molecule has 88 valence electrons. The fourth-order valence-electron chi connectivity index (χ4n) is 1.57. The van der Waals surface area contributed by atoms with Crippen molar-refractivity contribution in [3.8, 4) is 0 Å². The molecule has 1 unspecified atom stereocenters. The van der Waals surface area contributed by atoms with E-state index < -0.39 is 0 Å². The second-order valence-electron chi connectivity index (χ2n) is 3.71. The van der Waals surface area contributed by atoms with E-state index in [1.807, 2.05) is 13.1 Å². The summed E-state index contributed by atoms with van der Waals surface area (Å²) in [5.74, 6) is 1.00. The molecule has 1 aromatic rings. The topological polar surface area (TPSA) is 20.3 Å². The molecule has 0 saturated heterocycles. The molecule has 0 aliphatic heterocycles. The lowest BCUT2D eigenvalue weighted by Gasteiger charge is -2.28. The van der Waals surface area contributed by atoms with Crippen LogP contribution in [0.5, 0.6) is 0 Å². The number of benzene rings is 1. The lowest BCUT2D eigenvalue weighted by molar-refractivity contribution is 0.112. The van der Waals surface area contributed by atoms with Gasteiger partial charge in [-0.05, 0) is 25.3 Å². The fraction of sp³-hybridized carbons (Fsp3) is 0.417. The van der Waals surface area contributed by atoms with Gasteiger partial charge in [-0.3, -0.25) is 4.79 Å². The van der Waals surface area contributed by atoms with E-state index >= 15 is 0 Å². The number of carbonyl (C=O) groups is 1. The summed E-state index contributed by atoms with van der Waals surface area (Å²) in [7, 11) is 1.97. The molecule has 1 rings (SSSR count). The molecule has 0 N–H and O–H groups in total. The zero-order valence-electron chi connectivity index (χ0n) is 9.74. The van der Waals surface area contributed by atoms with Crippen LogP contribution < -0.4 is 4.90 Å². The van der Waals surface area contributed by atoms with Gasteiger partial charge in [0.2, 0.25) is 0 Å². The molecule has 0 aliphatic carbocycles. The summed E-state index contributed by atoms with van der Waals surface area (Å²) < 4.78 is 0. The fourth-order valence-corrected chi connectivity index (χ4v) is 2.59. The normalized spacial score (nSPS) is 12.2. The molecule has 0 heterocycles. The third-order valence-corrected chi connectivity index (χ3v) is 3.69. The van der Waals surface area contributed by atoms with E-state index in [2.05, 4.69) is 18.1 Å². The Labute approximate surface area is 106 Å². The molecule has 0 aromatic heterocycles. The molecule has 0 fully saturated rings. The zero-order chi connectivity index (χ0) is 12.1. The third-order valence-electron chi connectivity index (χ3n) is 2.57. The Morgan fingerprint density at radius 3 is 2.81 bits per heavy atom. The van der Waals surface area contributed by atoms with Gasteiger partial charge in [-0.1, -0.05) is 17.7 Å². The molecular weight excluding hydrogens is 242 g/mol. The van der Waals surface area contributed by atoms with Gasteiger partial charge in [-0.25, -0.2) is 0 Å². The highest BCUT2D eigenvalue weighted by molar-refractivity contribution is 7.98. The minimum Gasteiger partial charge on any atom is -0.369 e. The molecule has 1 atom stereocenters. The summed E-state index contributed by atoms with van der Waals surface area (Å²) in [6.07, 6.45) is 2.92. The third kappa shape index (κ3) is 2.92. The van der Waals surface area contributed by atoms with Crippen LogP contribution in [0.3, 0.4) is 0 Å². The highest BCUT2D eigenvalue weighted by atomic mass is 35.5. The minimum atomic E-state index is 0.341. The number of para-hydroxylation sites is 1. The summed E-state index contributed by atoms with van der Waals surface area (Å²) in [6, 6.07) is 5.74. The first kappa shape index (κ1) is 13.4. The molecule has 4 heteroatoms. The van der Waals surface area contributed by atoms with Crippen molar-refractivity contribution in [1.82, 2.24) is 0 Å². The molecule has 0 spiro atoms. The number of anilines is 1. The van der Waals surface area contributed by atoms with E-state index in [4.69, 9.17) is 11.6 Å². The van der Waals surface area contributed by atoms with Crippen LogP contribution in [0.4, 0.5) is 5.69 Å². The molecule has 2 nitrogen and oxygen atoms in total. The number of hydrogen-bond donors (Lipinski definition) is 0. The number of halogens is 1. The van der Waals surface area contributed by atoms with E-state index in [1.165, 1.54) is 0 Å². The molecule has 0 aliphatic rings. The van der Waals surface area contributed by atoms with Gasteiger partial charge in [-0.15, -0.1) is 0 Å². The molecule has 0 amide bonds. The monoisotopic (exact) mass is 257 g/mol. The number of thioether (sulfide) groups is 1. The number of nitrogens with zero attached hydrogens (tertiary/aromatic N) is 1. The largest absolute Gasteiger partial charge is 0.369 e. The summed E-state index contributed by atoms with van der Waals surface area (Å²) >= 11 is 7.92. The molecule has 0 radical (unpaired) electrons. The Kier molecular flexibility index (Phi) is 5.16. The molecule has 0 saturated carbocycles. The number of rotatable bonds is 5.